The maximum atomic E-state index is 12.6. The van der Waals surface area contributed by atoms with Crippen LogP contribution in [0.3, 0.4) is 0 Å². The number of rotatable bonds is 2. The largest absolute Gasteiger partial charge is 0.409 e. The molecule has 0 aliphatic rings. The number of nitrogens with zero attached hydrogens (tertiary/aromatic N) is 5. The van der Waals surface area contributed by atoms with Gasteiger partial charge >= 0.3 is 0 Å². The van der Waals surface area contributed by atoms with Gasteiger partial charge in [-0.1, -0.05) is 5.16 Å². The van der Waals surface area contributed by atoms with Gasteiger partial charge in [-0.2, -0.15) is 0 Å². The second kappa shape index (κ2) is 3.93. The molecule has 2 aromatic heterocycles. The van der Waals surface area contributed by atoms with Crippen molar-refractivity contribution < 1.29 is 9.60 Å². The molecule has 0 aliphatic heterocycles. The van der Waals surface area contributed by atoms with Gasteiger partial charge in [0.2, 0.25) is 11.8 Å². The van der Waals surface area contributed by atoms with Crippen LogP contribution in [0.5, 0.6) is 0 Å². The predicted molar refractivity (Wildman–Crippen MR) is 51.6 cm³/mol. The maximum Gasteiger partial charge on any atom is 0.235 e. The summed E-state index contributed by atoms with van der Waals surface area (Å²) in [5, 5.41) is 11.3. The molecule has 2 heterocycles. The van der Waals surface area contributed by atoms with Crippen LogP contribution in [0.2, 0.25) is 0 Å². The van der Waals surface area contributed by atoms with Crippen LogP contribution in [0.25, 0.3) is 5.95 Å². The van der Waals surface area contributed by atoms with Crippen molar-refractivity contribution in [2.75, 3.05) is 0 Å². The number of imidazole rings is 1. The standard InChI is InChI=1S/C8H7FN6O/c9-5-3-12-8(13-4-5)15-2-1-11-7(15)6(10)14-16/h1-4,16H,(H2,10,14). The summed E-state index contributed by atoms with van der Waals surface area (Å²) in [6.07, 6.45) is 4.97. The van der Waals surface area contributed by atoms with Crippen LogP contribution >= 0.6 is 0 Å². The molecule has 0 fully saturated rings. The van der Waals surface area contributed by atoms with Crippen LogP contribution in [-0.4, -0.2) is 30.6 Å². The molecule has 0 saturated heterocycles. The first-order chi connectivity index (χ1) is 7.72. The number of nitrogens with two attached hydrogens (primary N) is 1. The minimum atomic E-state index is -0.547. The van der Waals surface area contributed by atoms with Gasteiger partial charge in [-0.05, 0) is 0 Å². The molecular weight excluding hydrogens is 215 g/mol. The third-order valence-electron chi connectivity index (χ3n) is 1.80. The van der Waals surface area contributed by atoms with E-state index in [9.17, 15) is 4.39 Å². The van der Waals surface area contributed by atoms with Crippen LogP contribution < -0.4 is 5.73 Å². The Morgan fingerprint density at radius 3 is 2.69 bits per heavy atom. The lowest BCUT2D eigenvalue weighted by Crippen LogP contribution is -2.19. The Morgan fingerprint density at radius 1 is 1.38 bits per heavy atom. The van der Waals surface area contributed by atoms with E-state index in [1.807, 2.05) is 0 Å². The van der Waals surface area contributed by atoms with Crippen LogP contribution in [0.1, 0.15) is 5.82 Å². The first kappa shape index (κ1) is 10.0. The fourth-order valence-corrected chi connectivity index (χ4v) is 1.13. The summed E-state index contributed by atoms with van der Waals surface area (Å²) in [7, 11) is 0. The Kier molecular flexibility index (Phi) is 2.46. The molecule has 0 amide bonds. The zero-order chi connectivity index (χ0) is 11.5. The molecule has 0 aromatic carbocycles. The van der Waals surface area contributed by atoms with E-state index in [0.29, 0.717) is 0 Å². The normalized spacial score (nSPS) is 11.7. The van der Waals surface area contributed by atoms with Crippen molar-refractivity contribution in [1.29, 1.82) is 0 Å². The highest BCUT2D eigenvalue weighted by Gasteiger charge is 2.11. The van der Waals surface area contributed by atoms with Crippen molar-refractivity contribution in [3.8, 4) is 5.95 Å². The van der Waals surface area contributed by atoms with Crippen LogP contribution in [0, 0.1) is 5.82 Å². The fourth-order valence-electron chi connectivity index (χ4n) is 1.13. The molecular formula is C8H7FN6O. The first-order valence-corrected chi connectivity index (χ1v) is 4.21. The lowest BCUT2D eigenvalue weighted by molar-refractivity contribution is 0.318. The molecule has 82 valence electrons. The quantitative estimate of drug-likeness (QED) is 0.319. The SMILES string of the molecule is N/C(=N/O)c1nccn1-c1ncc(F)cn1. The van der Waals surface area contributed by atoms with Gasteiger partial charge in [0.05, 0.1) is 12.4 Å². The Morgan fingerprint density at radius 2 is 2.06 bits per heavy atom. The molecule has 0 spiro atoms. The number of halogens is 1. The second-order valence-electron chi connectivity index (χ2n) is 2.81. The van der Waals surface area contributed by atoms with E-state index >= 15 is 0 Å². The zero-order valence-corrected chi connectivity index (χ0v) is 7.95. The summed E-state index contributed by atoms with van der Waals surface area (Å²) >= 11 is 0. The van der Waals surface area contributed by atoms with E-state index < -0.39 is 5.82 Å². The highest BCUT2D eigenvalue weighted by atomic mass is 19.1. The number of amidine groups is 1. The lowest BCUT2D eigenvalue weighted by Gasteiger charge is -2.03. The average Bonchev–Trinajstić information content (AvgIpc) is 2.78. The Labute approximate surface area is 89.1 Å². The molecule has 0 bridgehead atoms. The molecule has 0 aliphatic carbocycles. The average molecular weight is 222 g/mol. The van der Waals surface area contributed by atoms with Gasteiger partial charge < -0.3 is 10.9 Å². The smallest absolute Gasteiger partial charge is 0.235 e. The van der Waals surface area contributed by atoms with Crippen LogP contribution in [0.4, 0.5) is 4.39 Å². The van der Waals surface area contributed by atoms with E-state index in [-0.39, 0.29) is 17.6 Å². The minimum Gasteiger partial charge on any atom is -0.409 e. The number of hydrogen-bond donors (Lipinski definition) is 2. The minimum absolute atomic E-state index is 0.175. The molecule has 0 unspecified atom stereocenters. The monoisotopic (exact) mass is 222 g/mol. The molecule has 0 saturated carbocycles. The highest BCUT2D eigenvalue weighted by Crippen LogP contribution is 2.05. The summed E-state index contributed by atoms with van der Waals surface area (Å²) in [5.74, 6) is -0.373. The summed E-state index contributed by atoms with van der Waals surface area (Å²) in [6, 6.07) is 0. The van der Waals surface area contributed by atoms with E-state index in [0.717, 1.165) is 12.4 Å². The summed E-state index contributed by atoms with van der Waals surface area (Å²) in [4.78, 5) is 11.3. The molecule has 7 nitrogen and oxygen atoms in total. The van der Waals surface area contributed by atoms with Crippen LogP contribution in [-0.2, 0) is 0 Å². The molecule has 8 heteroatoms. The van der Waals surface area contributed by atoms with Crippen molar-refractivity contribution in [3.05, 3.63) is 36.4 Å². The fraction of sp³-hybridized carbons (Fsp3) is 0. The van der Waals surface area contributed by atoms with Gasteiger partial charge in [0, 0.05) is 12.4 Å². The predicted octanol–water partition coefficient (Wildman–Crippen LogP) is -0.104. The van der Waals surface area contributed by atoms with E-state index in [4.69, 9.17) is 10.9 Å². The second-order valence-corrected chi connectivity index (χ2v) is 2.81. The summed E-state index contributed by atoms with van der Waals surface area (Å²) in [6.45, 7) is 0. The van der Waals surface area contributed by atoms with Crippen molar-refractivity contribution in [2.24, 2.45) is 10.9 Å². The first-order valence-electron chi connectivity index (χ1n) is 4.21. The van der Waals surface area contributed by atoms with E-state index in [1.165, 1.54) is 17.0 Å². The zero-order valence-electron chi connectivity index (χ0n) is 7.95. The number of aromatic nitrogens is 4. The van der Waals surface area contributed by atoms with E-state index in [1.54, 1.807) is 0 Å². The molecule has 16 heavy (non-hydrogen) atoms. The van der Waals surface area contributed by atoms with Crippen molar-refractivity contribution >= 4 is 5.84 Å². The number of hydrogen-bond acceptors (Lipinski definition) is 5. The van der Waals surface area contributed by atoms with Gasteiger partial charge in [-0.15, -0.1) is 0 Å². The summed E-state index contributed by atoms with van der Waals surface area (Å²) in [5.41, 5.74) is 5.39. The molecule has 0 radical (unpaired) electrons. The number of oxime groups is 1. The molecule has 0 atom stereocenters. The van der Waals surface area contributed by atoms with Gasteiger partial charge in [-0.3, -0.25) is 4.57 Å². The lowest BCUT2D eigenvalue weighted by atomic mass is 10.5. The van der Waals surface area contributed by atoms with Crippen LogP contribution in [0.15, 0.2) is 29.9 Å². The Hall–Kier alpha value is -2.51. The van der Waals surface area contributed by atoms with Crippen molar-refractivity contribution in [2.45, 2.75) is 0 Å². The van der Waals surface area contributed by atoms with Gasteiger partial charge in [0.15, 0.2) is 11.6 Å². The van der Waals surface area contributed by atoms with E-state index in [2.05, 4.69) is 20.1 Å². The molecule has 3 N–H and O–H groups in total. The van der Waals surface area contributed by atoms with Crippen molar-refractivity contribution in [1.82, 2.24) is 19.5 Å². The van der Waals surface area contributed by atoms with Crippen molar-refractivity contribution in [3.63, 3.8) is 0 Å². The topological polar surface area (TPSA) is 102 Å². The Balaban J connectivity index is 2.49. The van der Waals surface area contributed by atoms with Gasteiger partial charge in [0.25, 0.3) is 0 Å². The molecule has 2 rings (SSSR count). The van der Waals surface area contributed by atoms with Gasteiger partial charge in [0.1, 0.15) is 0 Å². The third-order valence-corrected chi connectivity index (χ3v) is 1.80. The highest BCUT2D eigenvalue weighted by molar-refractivity contribution is 5.94. The molecule has 2 aromatic rings. The Bertz CT molecular complexity index is 520. The maximum absolute atomic E-state index is 12.6. The third kappa shape index (κ3) is 1.67. The summed E-state index contributed by atoms with van der Waals surface area (Å²) < 4.78 is 14.0. The van der Waals surface area contributed by atoms with Gasteiger partial charge in [-0.25, -0.2) is 19.3 Å².